The SMILES string of the molecule is Nc1nc(-c2ccccc2)nc(-c2ccncn2)n1. The van der Waals surface area contributed by atoms with Gasteiger partial charge in [0.15, 0.2) is 11.6 Å². The predicted octanol–water partition coefficient (Wildman–Crippen LogP) is 1.58. The van der Waals surface area contributed by atoms with Crippen LogP contribution in [0.1, 0.15) is 0 Å². The number of hydrogen-bond acceptors (Lipinski definition) is 6. The molecule has 0 radical (unpaired) electrons. The number of hydrogen-bond donors (Lipinski definition) is 1. The second-order valence-corrected chi connectivity index (χ2v) is 3.80. The average molecular weight is 250 g/mol. The number of aromatic nitrogens is 5. The zero-order valence-electron chi connectivity index (χ0n) is 9.93. The molecule has 0 saturated heterocycles. The van der Waals surface area contributed by atoms with Gasteiger partial charge < -0.3 is 5.73 Å². The molecule has 2 N–H and O–H groups in total. The predicted molar refractivity (Wildman–Crippen MR) is 70.7 cm³/mol. The molecule has 0 amide bonds. The summed E-state index contributed by atoms with van der Waals surface area (Å²) in [5.74, 6) is 1.14. The van der Waals surface area contributed by atoms with Crippen LogP contribution in [0.2, 0.25) is 0 Å². The van der Waals surface area contributed by atoms with Gasteiger partial charge in [-0.2, -0.15) is 9.97 Å². The topological polar surface area (TPSA) is 90.5 Å². The molecule has 1 aromatic carbocycles. The molecule has 92 valence electrons. The lowest BCUT2D eigenvalue weighted by molar-refractivity contribution is 1.05. The first-order valence-electron chi connectivity index (χ1n) is 5.66. The zero-order chi connectivity index (χ0) is 13.1. The molecule has 3 aromatic rings. The summed E-state index contributed by atoms with van der Waals surface area (Å²) in [6.45, 7) is 0. The maximum absolute atomic E-state index is 5.73. The Morgan fingerprint density at radius 3 is 2.37 bits per heavy atom. The van der Waals surface area contributed by atoms with Crippen molar-refractivity contribution >= 4 is 5.95 Å². The largest absolute Gasteiger partial charge is 0.368 e. The van der Waals surface area contributed by atoms with Crippen LogP contribution in [0.25, 0.3) is 22.9 Å². The Balaban J connectivity index is 2.12. The first-order chi connectivity index (χ1) is 9.33. The van der Waals surface area contributed by atoms with E-state index in [-0.39, 0.29) is 5.95 Å². The van der Waals surface area contributed by atoms with Crippen LogP contribution in [0.4, 0.5) is 5.95 Å². The van der Waals surface area contributed by atoms with Gasteiger partial charge in [-0.15, -0.1) is 0 Å². The molecule has 0 saturated carbocycles. The second-order valence-electron chi connectivity index (χ2n) is 3.80. The van der Waals surface area contributed by atoms with Gasteiger partial charge in [0, 0.05) is 11.8 Å². The van der Waals surface area contributed by atoms with Gasteiger partial charge in [0.1, 0.15) is 12.0 Å². The first kappa shape index (κ1) is 11.2. The molecule has 0 aliphatic carbocycles. The van der Waals surface area contributed by atoms with E-state index >= 15 is 0 Å². The maximum atomic E-state index is 5.73. The minimum atomic E-state index is 0.169. The molecular weight excluding hydrogens is 240 g/mol. The highest BCUT2D eigenvalue weighted by Gasteiger charge is 2.09. The van der Waals surface area contributed by atoms with Gasteiger partial charge in [-0.3, -0.25) is 0 Å². The molecule has 3 rings (SSSR count). The van der Waals surface area contributed by atoms with E-state index in [1.165, 1.54) is 6.33 Å². The van der Waals surface area contributed by atoms with Crippen molar-refractivity contribution in [3.05, 3.63) is 48.9 Å². The van der Waals surface area contributed by atoms with Gasteiger partial charge in [-0.25, -0.2) is 15.0 Å². The van der Waals surface area contributed by atoms with Gasteiger partial charge in [-0.1, -0.05) is 30.3 Å². The molecule has 2 aromatic heterocycles. The fourth-order valence-electron chi connectivity index (χ4n) is 1.65. The fourth-order valence-corrected chi connectivity index (χ4v) is 1.65. The van der Waals surface area contributed by atoms with Crippen molar-refractivity contribution in [2.45, 2.75) is 0 Å². The Bertz CT molecular complexity index is 626. The van der Waals surface area contributed by atoms with Gasteiger partial charge in [0.25, 0.3) is 0 Å². The summed E-state index contributed by atoms with van der Waals surface area (Å²) in [5, 5.41) is 0. The smallest absolute Gasteiger partial charge is 0.224 e. The molecule has 0 fully saturated rings. The lowest BCUT2D eigenvalue weighted by Gasteiger charge is -2.04. The van der Waals surface area contributed by atoms with E-state index in [9.17, 15) is 0 Å². The normalized spacial score (nSPS) is 10.3. The van der Waals surface area contributed by atoms with E-state index in [0.717, 1.165) is 5.56 Å². The summed E-state index contributed by atoms with van der Waals surface area (Å²) < 4.78 is 0. The molecule has 0 unspecified atom stereocenters. The van der Waals surface area contributed by atoms with Crippen molar-refractivity contribution in [2.75, 3.05) is 5.73 Å². The minimum Gasteiger partial charge on any atom is -0.368 e. The van der Waals surface area contributed by atoms with Crippen molar-refractivity contribution in [1.82, 2.24) is 24.9 Å². The van der Waals surface area contributed by atoms with E-state index < -0.39 is 0 Å². The molecule has 0 atom stereocenters. The molecule has 0 bridgehead atoms. The fraction of sp³-hybridized carbons (Fsp3) is 0. The van der Waals surface area contributed by atoms with E-state index in [0.29, 0.717) is 17.3 Å². The number of rotatable bonds is 2. The summed E-state index contributed by atoms with van der Waals surface area (Å²) in [7, 11) is 0. The Morgan fingerprint density at radius 1 is 0.842 bits per heavy atom. The van der Waals surface area contributed by atoms with Crippen LogP contribution in [0, 0.1) is 0 Å². The molecular formula is C13H10N6. The third-order valence-corrected chi connectivity index (χ3v) is 2.50. The highest BCUT2D eigenvalue weighted by atomic mass is 15.1. The van der Waals surface area contributed by atoms with Gasteiger partial charge in [0.2, 0.25) is 5.95 Å². The molecule has 0 aliphatic rings. The van der Waals surface area contributed by atoms with Crippen molar-refractivity contribution in [2.24, 2.45) is 0 Å². The quantitative estimate of drug-likeness (QED) is 0.742. The molecule has 2 heterocycles. The number of nitrogens with zero attached hydrogens (tertiary/aromatic N) is 5. The van der Waals surface area contributed by atoms with Crippen LogP contribution < -0.4 is 5.73 Å². The standard InChI is InChI=1S/C13H10N6/c14-13-18-11(9-4-2-1-3-5-9)17-12(19-13)10-6-7-15-8-16-10/h1-8H,(H2,14,17,18,19). The van der Waals surface area contributed by atoms with E-state index in [1.807, 2.05) is 30.3 Å². The van der Waals surface area contributed by atoms with Crippen molar-refractivity contribution in [1.29, 1.82) is 0 Å². The van der Waals surface area contributed by atoms with Crippen LogP contribution >= 0.6 is 0 Å². The average Bonchev–Trinajstić information content (AvgIpc) is 2.48. The summed E-state index contributed by atoms with van der Waals surface area (Å²) >= 11 is 0. The summed E-state index contributed by atoms with van der Waals surface area (Å²) in [5.41, 5.74) is 7.22. The molecule has 0 spiro atoms. The molecule has 6 nitrogen and oxygen atoms in total. The Hall–Kier alpha value is -2.89. The van der Waals surface area contributed by atoms with Crippen molar-refractivity contribution < 1.29 is 0 Å². The van der Waals surface area contributed by atoms with Crippen LogP contribution in [-0.2, 0) is 0 Å². The number of anilines is 1. The highest BCUT2D eigenvalue weighted by molar-refractivity contribution is 5.59. The molecule has 0 aliphatic heterocycles. The summed E-state index contributed by atoms with van der Waals surface area (Å²) in [4.78, 5) is 20.6. The van der Waals surface area contributed by atoms with Crippen LogP contribution in [-0.4, -0.2) is 24.9 Å². The van der Waals surface area contributed by atoms with E-state index in [2.05, 4.69) is 24.9 Å². The number of benzene rings is 1. The lowest BCUT2D eigenvalue weighted by Crippen LogP contribution is -2.03. The summed E-state index contributed by atoms with van der Waals surface area (Å²) in [6, 6.07) is 11.3. The second kappa shape index (κ2) is 4.77. The monoisotopic (exact) mass is 250 g/mol. The van der Waals surface area contributed by atoms with Crippen LogP contribution in [0.5, 0.6) is 0 Å². The number of nitrogens with two attached hydrogens (primary N) is 1. The van der Waals surface area contributed by atoms with Gasteiger partial charge in [0.05, 0.1) is 0 Å². The summed E-state index contributed by atoms with van der Waals surface area (Å²) in [6.07, 6.45) is 3.07. The van der Waals surface area contributed by atoms with E-state index in [1.54, 1.807) is 12.3 Å². The van der Waals surface area contributed by atoms with Gasteiger partial charge >= 0.3 is 0 Å². The van der Waals surface area contributed by atoms with Crippen LogP contribution in [0.3, 0.4) is 0 Å². The minimum absolute atomic E-state index is 0.169. The molecule has 19 heavy (non-hydrogen) atoms. The Kier molecular flexibility index (Phi) is 2.82. The highest BCUT2D eigenvalue weighted by Crippen LogP contribution is 2.18. The zero-order valence-corrected chi connectivity index (χ0v) is 9.93. The van der Waals surface area contributed by atoms with Crippen molar-refractivity contribution in [3.63, 3.8) is 0 Å². The first-order valence-corrected chi connectivity index (χ1v) is 5.66. The lowest BCUT2D eigenvalue weighted by atomic mass is 10.2. The third kappa shape index (κ3) is 2.37. The maximum Gasteiger partial charge on any atom is 0.224 e. The van der Waals surface area contributed by atoms with E-state index in [4.69, 9.17) is 5.73 Å². The van der Waals surface area contributed by atoms with Gasteiger partial charge in [-0.05, 0) is 6.07 Å². The Labute approximate surface area is 109 Å². The Morgan fingerprint density at radius 2 is 1.63 bits per heavy atom. The van der Waals surface area contributed by atoms with Crippen LogP contribution in [0.15, 0.2) is 48.9 Å². The molecule has 6 heteroatoms. The third-order valence-electron chi connectivity index (χ3n) is 2.50. The number of nitrogen functional groups attached to an aromatic ring is 1. The van der Waals surface area contributed by atoms with Crippen molar-refractivity contribution in [3.8, 4) is 22.9 Å².